The Morgan fingerprint density at radius 3 is 2.12 bits per heavy atom. The molecule has 9 nitrogen and oxygen atoms in total. The van der Waals surface area contributed by atoms with Crippen LogP contribution in [0.25, 0.3) is 22.8 Å². The van der Waals surface area contributed by atoms with Crippen LogP contribution in [0.3, 0.4) is 0 Å². The van der Waals surface area contributed by atoms with E-state index in [1.807, 2.05) is 81.4 Å². The minimum absolute atomic E-state index is 0.0187. The van der Waals surface area contributed by atoms with E-state index in [9.17, 15) is 10.1 Å². The summed E-state index contributed by atoms with van der Waals surface area (Å²) in [5.41, 5.74) is 5.35. The minimum Gasteiger partial charge on any atom is -0.485 e. The predicted octanol–water partition coefficient (Wildman–Crippen LogP) is 7.55. The molecule has 0 aliphatic rings. The molecule has 5 aromatic rings. The molecule has 0 spiro atoms. The number of pyridine rings is 1. The zero-order valence-electron chi connectivity index (χ0n) is 22.1. The van der Waals surface area contributed by atoms with Crippen LogP contribution in [-0.2, 0) is 13.2 Å². The number of nitrogens with zero attached hydrogens (tertiary/aromatic N) is 4. The molecule has 0 N–H and O–H groups in total. The summed E-state index contributed by atoms with van der Waals surface area (Å²) in [6.45, 7) is 6.16. The number of ether oxygens (including phenoxy) is 2. The Balaban J connectivity index is 1.56. The topological polar surface area (TPSA) is 113 Å². The van der Waals surface area contributed by atoms with Gasteiger partial charge in [0.15, 0.2) is 5.75 Å². The average Bonchev–Trinajstić information content (AvgIpc) is 3.44. The third kappa shape index (κ3) is 5.72. The number of aromatic nitrogens is 3. The molecular formula is C30H25BrN4O5. The lowest BCUT2D eigenvalue weighted by Gasteiger charge is -2.14. The van der Waals surface area contributed by atoms with Crippen LogP contribution in [0.2, 0.25) is 0 Å². The van der Waals surface area contributed by atoms with Gasteiger partial charge in [0.25, 0.3) is 5.89 Å². The third-order valence-electron chi connectivity index (χ3n) is 6.54. The average molecular weight is 601 g/mol. The molecular weight excluding hydrogens is 576 g/mol. The first-order valence-electron chi connectivity index (χ1n) is 12.5. The second kappa shape index (κ2) is 11.7. The van der Waals surface area contributed by atoms with Crippen molar-refractivity contribution in [2.24, 2.45) is 0 Å². The summed E-state index contributed by atoms with van der Waals surface area (Å²) in [5, 5.41) is 16.4. The van der Waals surface area contributed by atoms with Crippen LogP contribution in [0.4, 0.5) is 5.69 Å². The van der Waals surface area contributed by atoms with Crippen molar-refractivity contribution in [2.45, 2.75) is 34.0 Å². The number of benzene rings is 3. The Labute approximate surface area is 239 Å². The molecule has 202 valence electrons. The molecule has 10 heteroatoms. The molecule has 5 rings (SSSR count). The quantitative estimate of drug-likeness (QED) is 0.0967. The van der Waals surface area contributed by atoms with E-state index in [2.05, 4.69) is 31.1 Å². The van der Waals surface area contributed by atoms with E-state index in [1.165, 1.54) is 6.07 Å². The van der Waals surface area contributed by atoms with Crippen molar-refractivity contribution in [1.29, 1.82) is 0 Å². The summed E-state index contributed by atoms with van der Waals surface area (Å²) in [4.78, 5) is 20.8. The summed E-state index contributed by atoms with van der Waals surface area (Å²) < 4.78 is 18.2. The second-order valence-corrected chi connectivity index (χ2v) is 9.92. The first kappa shape index (κ1) is 27.0. The first-order chi connectivity index (χ1) is 19.3. The number of nitro groups is 1. The smallest absolute Gasteiger partial charge is 0.315 e. The van der Waals surface area contributed by atoms with Gasteiger partial charge in [0.1, 0.15) is 17.8 Å². The van der Waals surface area contributed by atoms with E-state index < -0.39 is 4.92 Å². The van der Waals surface area contributed by atoms with Crippen LogP contribution in [0.5, 0.6) is 11.5 Å². The molecule has 0 unspecified atom stereocenters. The third-order valence-corrected chi connectivity index (χ3v) is 7.12. The largest absolute Gasteiger partial charge is 0.485 e. The Morgan fingerprint density at radius 2 is 1.50 bits per heavy atom. The van der Waals surface area contributed by atoms with Crippen molar-refractivity contribution in [2.75, 3.05) is 0 Å². The predicted molar refractivity (Wildman–Crippen MR) is 153 cm³/mol. The normalized spacial score (nSPS) is 10.9. The van der Waals surface area contributed by atoms with Crippen molar-refractivity contribution in [3.8, 4) is 34.3 Å². The molecule has 0 radical (unpaired) electrons. The standard InChI is InChI=1S/C30H25BrN4O5/c1-18-19(2)26(28(31)32-20(18)3)29-33-30(40-34-29)23-14-24(35(36)37)27(39-17-22-12-8-5-9-13-22)25(15-23)38-16-21-10-6-4-7-11-21/h4-15H,16-17H2,1-3H3. The van der Waals surface area contributed by atoms with Gasteiger partial charge in [0.2, 0.25) is 11.6 Å². The Hall–Kier alpha value is -4.57. The molecule has 0 aliphatic carbocycles. The number of hydrogen-bond acceptors (Lipinski definition) is 8. The zero-order valence-corrected chi connectivity index (χ0v) is 23.6. The molecule has 2 heterocycles. The number of halogens is 1. The molecule has 0 amide bonds. The first-order valence-corrected chi connectivity index (χ1v) is 13.2. The second-order valence-electron chi connectivity index (χ2n) is 9.16. The molecule has 0 atom stereocenters. The molecule has 40 heavy (non-hydrogen) atoms. The van der Waals surface area contributed by atoms with Gasteiger partial charge in [-0.3, -0.25) is 10.1 Å². The van der Waals surface area contributed by atoms with Gasteiger partial charge in [0.05, 0.1) is 16.1 Å². The molecule has 0 saturated carbocycles. The molecule has 0 fully saturated rings. The monoisotopic (exact) mass is 600 g/mol. The van der Waals surface area contributed by atoms with Crippen LogP contribution in [0.1, 0.15) is 27.9 Å². The van der Waals surface area contributed by atoms with Gasteiger partial charge >= 0.3 is 5.69 Å². The fourth-order valence-electron chi connectivity index (χ4n) is 4.17. The summed E-state index contributed by atoms with van der Waals surface area (Å²) >= 11 is 3.51. The Morgan fingerprint density at radius 1 is 0.875 bits per heavy atom. The summed E-state index contributed by atoms with van der Waals surface area (Å²) in [5.74, 6) is 0.620. The molecule has 3 aromatic carbocycles. The lowest BCUT2D eigenvalue weighted by molar-refractivity contribution is -0.386. The lowest BCUT2D eigenvalue weighted by Crippen LogP contribution is -2.04. The summed E-state index contributed by atoms with van der Waals surface area (Å²) in [6, 6.07) is 21.9. The van der Waals surface area contributed by atoms with Crippen molar-refractivity contribution in [3.05, 3.63) is 115 Å². The van der Waals surface area contributed by atoms with E-state index >= 15 is 0 Å². The van der Waals surface area contributed by atoms with E-state index in [0.717, 1.165) is 27.9 Å². The van der Waals surface area contributed by atoms with E-state index in [1.54, 1.807) is 6.07 Å². The number of nitro benzene ring substituents is 1. The van der Waals surface area contributed by atoms with Crippen molar-refractivity contribution >= 4 is 21.6 Å². The van der Waals surface area contributed by atoms with Gasteiger partial charge < -0.3 is 14.0 Å². The molecule has 0 saturated heterocycles. The Kier molecular flexibility index (Phi) is 7.88. The summed E-state index contributed by atoms with van der Waals surface area (Å²) in [7, 11) is 0. The van der Waals surface area contributed by atoms with Crippen LogP contribution in [0.15, 0.2) is 81.9 Å². The molecule has 0 aliphatic heterocycles. The maximum Gasteiger partial charge on any atom is 0.315 e. The summed E-state index contributed by atoms with van der Waals surface area (Å²) in [6.07, 6.45) is 0. The van der Waals surface area contributed by atoms with Crippen molar-refractivity contribution in [3.63, 3.8) is 0 Å². The highest BCUT2D eigenvalue weighted by molar-refractivity contribution is 9.10. The minimum atomic E-state index is -0.509. The van der Waals surface area contributed by atoms with Gasteiger partial charge in [-0.15, -0.1) is 0 Å². The highest BCUT2D eigenvalue weighted by atomic mass is 79.9. The number of aryl methyl sites for hydroxylation is 1. The fourth-order valence-corrected chi connectivity index (χ4v) is 4.91. The van der Waals surface area contributed by atoms with Crippen LogP contribution in [0, 0.1) is 30.9 Å². The SMILES string of the molecule is Cc1nc(Br)c(-c2noc(-c3cc(OCc4ccccc4)c(OCc4ccccc4)c([N+](=O)[O-])c3)n2)c(C)c1C. The highest BCUT2D eigenvalue weighted by Gasteiger charge is 2.26. The maximum atomic E-state index is 12.2. The van der Waals surface area contributed by atoms with Gasteiger partial charge in [-0.2, -0.15) is 4.98 Å². The number of rotatable bonds is 9. The maximum absolute atomic E-state index is 12.2. The van der Waals surface area contributed by atoms with E-state index in [-0.39, 0.29) is 36.3 Å². The molecule has 0 bridgehead atoms. The van der Waals surface area contributed by atoms with E-state index in [4.69, 9.17) is 14.0 Å². The van der Waals surface area contributed by atoms with Gasteiger partial charge in [-0.05, 0) is 65.0 Å². The molecule has 2 aromatic heterocycles. The van der Waals surface area contributed by atoms with Crippen molar-refractivity contribution < 1.29 is 18.9 Å². The van der Waals surface area contributed by atoms with Crippen LogP contribution in [-0.4, -0.2) is 20.0 Å². The van der Waals surface area contributed by atoms with Gasteiger partial charge in [-0.25, -0.2) is 4.98 Å². The van der Waals surface area contributed by atoms with Gasteiger partial charge in [-0.1, -0.05) is 65.8 Å². The fraction of sp³-hybridized carbons (Fsp3) is 0.167. The van der Waals surface area contributed by atoms with Crippen molar-refractivity contribution in [1.82, 2.24) is 15.1 Å². The number of hydrogen-bond donors (Lipinski definition) is 0. The lowest BCUT2D eigenvalue weighted by atomic mass is 10.0. The van der Waals surface area contributed by atoms with Gasteiger partial charge in [0, 0.05) is 11.8 Å². The zero-order chi connectivity index (χ0) is 28.2. The van der Waals surface area contributed by atoms with Crippen LogP contribution >= 0.6 is 15.9 Å². The highest BCUT2D eigenvalue weighted by Crippen LogP contribution is 2.42. The van der Waals surface area contributed by atoms with Crippen LogP contribution < -0.4 is 9.47 Å². The van der Waals surface area contributed by atoms with E-state index in [0.29, 0.717) is 21.6 Å². The Bertz CT molecular complexity index is 1670.